The number of fused-ring (bicyclic) bond motifs is 1. The van der Waals surface area contributed by atoms with Crippen LogP contribution in [0.5, 0.6) is 0 Å². The molecular weight excluding hydrogens is 320 g/mol. The van der Waals surface area contributed by atoms with Crippen LogP contribution in [0.1, 0.15) is 52.3 Å². The van der Waals surface area contributed by atoms with E-state index in [0.717, 1.165) is 29.6 Å². The topological polar surface area (TPSA) is 93.2 Å². The number of carbonyl (C=O) groups excluding carboxylic acids is 1. The first-order valence-electron chi connectivity index (χ1n) is 8.38. The Morgan fingerprint density at radius 1 is 1.52 bits per heavy atom. The first-order valence-corrected chi connectivity index (χ1v) is 8.38. The minimum absolute atomic E-state index is 0.241. The van der Waals surface area contributed by atoms with E-state index >= 15 is 0 Å². The van der Waals surface area contributed by atoms with Crippen molar-refractivity contribution in [2.24, 2.45) is 7.05 Å². The van der Waals surface area contributed by atoms with E-state index in [9.17, 15) is 9.90 Å². The number of pyridine rings is 1. The SMILES string of the molecule is Cc1nn(C)c2nc(C3CC3)cc(C(=O)NC(CO)c3ccco3)c12. The van der Waals surface area contributed by atoms with Gasteiger partial charge in [0.25, 0.3) is 5.91 Å². The number of furan rings is 1. The van der Waals surface area contributed by atoms with Gasteiger partial charge in [-0.1, -0.05) is 0 Å². The Balaban J connectivity index is 1.75. The van der Waals surface area contributed by atoms with Crippen molar-refractivity contribution in [3.05, 3.63) is 47.2 Å². The Morgan fingerprint density at radius 2 is 2.32 bits per heavy atom. The summed E-state index contributed by atoms with van der Waals surface area (Å²) in [5.74, 6) is 0.678. The van der Waals surface area contributed by atoms with Crippen LogP contribution >= 0.6 is 0 Å². The van der Waals surface area contributed by atoms with E-state index in [1.807, 2.05) is 20.0 Å². The molecule has 0 aliphatic heterocycles. The van der Waals surface area contributed by atoms with Gasteiger partial charge in [-0.2, -0.15) is 5.10 Å². The largest absolute Gasteiger partial charge is 0.467 e. The zero-order valence-corrected chi connectivity index (χ0v) is 14.2. The molecule has 1 fully saturated rings. The molecule has 1 aliphatic rings. The van der Waals surface area contributed by atoms with Crippen LogP contribution in [0.3, 0.4) is 0 Å². The Hall–Kier alpha value is -2.67. The molecule has 1 atom stereocenters. The van der Waals surface area contributed by atoms with Crippen LogP contribution in [0, 0.1) is 6.92 Å². The molecule has 0 saturated heterocycles. The van der Waals surface area contributed by atoms with Crippen LogP contribution in [0.4, 0.5) is 0 Å². The van der Waals surface area contributed by atoms with E-state index in [2.05, 4.69) is 10.4 Å². The number of aliphatic hydroxyl groups is 1. The molecule has 130 valence electrons. The van der Waals surface area contributed by atoms with Crippen molar-refractivity contribution >= 4 is 16.9 Å². The number of carbonyl (C=O) groups is 1. The second-order valence-electron chi connectivity index (χ2n) is 6.50. The molecule has 25 heavy (non-hydrogen) atoms. The highest BCUT2D eigenvalue weighted by atomic mass is 16.3. The standard InChI is InChI=1S/C18H20N4O3/c1-10-16-12(18(24)20-14(9-23)15-4-3-7-25-15)8-13(11-5-6-11)19-17(16)22(2)21-10/h3-4,7-8,11,14,23H,5-6,9H2,1-2H3,(H,20,24). The predicted molar refractivity (Wildman–Crippen MR) is 91.2 cm³/mol. The maximum atomic E-state index is 13.0. The highest BCUT2D eigenvalue weighted by Gasteiger charge is 2.29. The molecule has 3 aromatic rings. The fraction of sp³-hybridized carbons (Fsp3) is 0.389. The first-order chi connectivity index (χ1) is 12.1. The average molecular weight is 340 g/mol. The highest BCUT2D eigenvalue weighted by molar-refractivity contribution is 6.06. The lowest BCUT2D eigenvalue weighted by Gasteiger charge is -2.15. The van der Waals surface area contributed by atoms with Crippen molar-refractivity contribution in [2.45, 2.75) is 31.7 Å². The van der Waals surface area contributed by atoms with Gasteiger partial charge in [0.1, 0.15) is 11.8 Å². The molecule has 1 amide bonds. The van der Waals surface area contributed by atoms with Crippen molar-refractivity contribution in [2.75, 3.05) is 6.61 Å². The van der Waals surface area contributed by atoms with Gasteiger partial charge in [-0.05, 0) is 38.0 Å². The maximum Gasteiger partial charge on any atom is 0.252 e. The number of hydrogen-bond acceptors (Lipinski definition) is 5. The van der Waals surface area contributed by atoms with Crippen LogP contribution in [0.25, 0.3) is 11.0 Å². The van der Waals surface area contributed by atoms with Crippen molar-refractivity contribution in [1.82, 2.24) is 20.1 Å². The third-order valence-electron chi connectivity index (χ3n) is 4.60. The van der Waals surface area contributed by atoms with Crippen molar-refractivity contribution in [1.29, 1.82) is 0 Å². The molecular formula is C18H20N4O3. The molecule has 4 rings (SSSR count). The molecule has 0 radical (unpaired) electrons. The summed E-state index contributed by atoms with van der Waals surface area (Å²) < 4.78 is 7.02. The molecule has 7 nitrogen and oxygen atoms in total. The smallest absolute Gasteiger partial charge is 0.252 e. The molecule has 0 spiro atoms. The number of nitrogens with zero attached hydrogens (tertiary/aromatic N) is 3. The maximum absolute atomic E-state index is 13.0. The molecule has 3 heterocycles. The summed E-state index contributed by atoms with van der Waals surface area (Å²) in [5, 5.41) is 17.6. The van der Waals surface area contributed by atoms with Crippen LogP contribution in [-0.4, -0.2) is 32.4 Å². The van der Waals surface area contributed by atoms with Crippen LogP contribution < -0.4 is 5.32 Å². The van der Waals surface area contributed by atoms with Gasteiger partial charge < -0.3 is 14.8 Å². The van der Waals surface area contributed by atoms with Crippen molar-refractivity contribution in [3.8, 4) is 0 Å². The monoisotopic (exact) mass is 340 g/mol. The third kappa shape index (κ3) is 2.80. The first kappa shape index (κ1) is 15.8. The molecule has 0 aromatic carbocycles. The highest BCUT2D eigenvalue weighted by Crippen LogP contribution is 2.40. The number of rotatable bonds is 5. The van der Waals surface area contributed by atoms with Gasteiger partial charge in [0.2, 0.25) is 0 Å². The second kappa shape index (κ2) is 6.00. The lowest BCUT2D eigenvalue weighted by Crippen LogP contribution is -2.30. The summed E-state index contributed by atoms with van der Waals surface area (Å²) in [4.78, 5) is 17.7. The zero-order chi connectivity index (χ0) is 17.6. The fourth-order valence-corrected chi connectivity index (χ4v) is 3.16. The van der Waals surface area contributed by atoms with E-state index in [0.29, 0.717) is 22.9 Å². The van der Waals surface area contributed by atoms with Gasteiger partial charge in [-0.3, -0.25) is 9.48 Å². The Kier molecular flexibility index (Phi) is 3.80. The van der Waals surface area contributed by atoms with E-state index in [1.165, 1.54) is 6.26 Å². The van der Waals surface area contributed by atoms with Gasteiger partial charge in [0.05, 0.1) is 29.5 Å². The summed E-state index contributed by atoms with van der Waals surface area (Å²) in [6.07, 6.45) is 3.72. The molecule has 1 unspecified atom stereocenters. The molecule has 0 bridgehead atoms. The number of amides is 1. The normalized spacial score (nSPS) is 15.5. The van der Waals surface area contributed by atoms with Crippen LogP contribution in [-0.2, 0) is 7.05 Å². The van der Waals surface area contributed by atoms with E-state index in [1.54, 1.807) is 16.8 Å². The summed E-state index contributed by atoms with van der Waals surface area (Å²) >= 11 is 0. The summed E-state index contributed by atoms with van der Waals surface area (Å²) in [6, 6.07) is 4.73. The molecule has 7 heteroatoms. The summed E-state index contributed by atoms with van der Waals surface area (Å²) in [5.41, 5.74) is 2.95. The lowest BCUT2D eigenvalue weighted by atomic mass is 10.1. The number of aryl methyl sites for hydroxylation is 2. The molecule has 1 aliphatic carbocycles. The minimum Gasteiger partial charge on any atom is -0.467 e. The van der Waals surface area contributed by atoms with Gasteiger partial charge in [-0.25, -0.2) is 4.98 Å². The molecule has 3 aromatic heterocycles. The third-order valence-corrected chi connectivity index (χ3v) is 4.60. The molecule has 2 N–H and O–H groups in total. The van der Waals surface area contributed by atoms with Gasteiger partial charge in [-0.15, -0.1) is 0 Å². The molecule has 1 saturated carbocycles. The predicted octanol–water partition coefficient (Wildman–Crippen LogP) is 2.21. The van der Waals surface area contributed by atoms with Gasteiger partial charge >= 0.3 is 0 Å². The Morgan fingerprint density at radius 3 is 2.96 bits per heavy atom. The quantitative estimate of drug-likeness (QED) is 0.743. The number of aromatic nitrogens is 3. The van der Waals surface area contributed by atoms with E-state index in [4.69, 9.17) is 9.40 Å². The van der Waals surface area contributed by atoms with Crippen molar-refractivity contribution in [3.63, 3.8) is 0 Å². The van der Waals surface area contributed by atoms with E-state index in [-0.39, 0.29) is 12.5 Å². The summed E-state index contributed by atoms with van der Waals surface area (Å²) in [7, 11) is 1.83. The van der Waals surface area contributed by atoms with Crippen LogP contribution in [0.2, 0.25) is 0 Å². The zero-order valence-electron chi connectivity index (χ0n) is 14.2. The summed E-state index contributed by atoms with van der Waals surface area (Å²) in [6.45, 7) is 1.63. The number of hydrogen-bond donors (Lipinski definition) is 2. The second-order valence-corrected chi connectivity index (χ2v) is 6.50. The number of aliphatic hydroxyl groups excluding tert-OH is 1. The fourth-order valence-electron chi connectivity index (χ4n) is 3.16. The number of nitrogens with one attached hydrogen (secondary N) is 1. The van der Waals surface area contributed by atoms with E-state index < -0.39 is 6.04 Å². The Labute approximate surface area is 144 Å². The average Bonchev–Trinajstić information content (AvgIpc) is 3.24. The lowest BCUT2D eigenvalue weighted by molar-refractivity contribution is 0.0909. The minimum atomic E-state index is -0.591. The van der Waals surface area contributed by atoms with Gasteiger partial charge in [0, 0.05) is 18.7 Å². The van der Waals surface area contributed by atoms with Crippen LogP contribution in [0.15, 0.2) is 28.9 Å². The van der Waals surface area contributed by atoms with Crippen molar-refractivity contribution < 1.29 is 14.3 Å². The van der Waals surface area contributed by atoms with Gasteiger partial charge in [0.15, 0.2) is 5.65 Å². The Bertz CT molecular complexity index is 926.